The Hall–Kier alpha value is -1.10. The van der Waals surface area contributed by atoms with Gasteiger partial charge in [0.25, 0.3) is 0 Å². The fourth-order valence-corrected chi connectivity index (χ4v) is 1.28. The lowest BCUT2D eigenvalue weighted by molar-refractivity contribution is 0.144. The van der Waals surface area contributed by atoms with Gasteiger partial charge < -0.3 is 10.1 Å². The molecule has 16 heavy (non-hydrogen) atoms. The first kappa shape index (κ1) is 13.0. The summed E-state index contributed by atoms with van der Waals surface area (Å²) in [7, 11) is 0. The van der Waals surface area contributed by atoms with Crippen molar-refractivity contribution in [2.45, 2.75) is 26.3 Å². The first-order valence-corrected chi connectivity index (χ1v) is 6.02. The Morgan fingerprint density at radius 1 is 1.56 bits per heavy atom. The van der Waals surface area contributed by atoms with Crippen molar-refractivity contribution >= 4 is 22.0 Å². The predicted octanol–water partition coefficient (Wildman–Crippen LogP) is 2.87. The number of carbonyl (C=O) groups is 1. The second-order valence-corrected chi connectivity index (χ2v) is 4.14. The van der Waals surface area contributed by atoms with Crippen molar-refractivity contribution in [2.75, 3.05) is 6.61 Å². The second-order valence-electron chi connectivity index (χ2n) is 3.33. The Morgan fingerprint density at radius 3 is 3.00 bits per heavy atom. The van der Waals surface area contributed by atoms with Gasteiger partial charge in [-0.25, -0.2) is 9.78 Å². The van der Waals surface area contributed by atoms with Crippen molar-refractivity contribution in [3.05, 3.63) is 28.5 Å². The van der Waals surface area contributed by atoms with Crippen LogP contribution in [-0.2, 0) is 11.3 Å². The SMILES string of the molecule is CCCCOC(=O)NCc1ccc(Br)nc1. The number of hydrogen-bond donors (Lipinski definition) is 1. The second kappa shape index (κ2) is 7.22. The van der Waals surface area contributed by atoms with Crippen LogP contribution in [0.4, 0.5) is 4.79 Å². The zero-order valence-corrected chi connectivity index (χ0v) is 10.8. The summed E-state index contributed by atoms with van der Waals surface area (Å²) in [6.45, 7) is 2.96. The standard InChI is InChI=1S/C11H15BrN2O2/c1-2-3-6-16-11(15)14-8-9-4-5-10(12)13-7-9/h4-5,7H,2-3,6,8H2,1H3,(H,14,15). The minimum Gasteiger partial charge on any atom is -0.450 e. The summed E-state index contributed by atoms with van der Waals surface area (Å²) >= 11 is 3.24. The number of aromatic nitrogens is 1. The summed E-state index contributed by atoms with van der Waals surface area (Å²) in [5, 5.41) is 2.66. The molecule has 4 nitrogen and oxygen atoms in total. The number of rotatable bonds is 5. The lowest BCUT2D eigenvalue weighted by Crippen LogP contribution is -2.24. The van der Waals surface area contributed by atoms with E-state index in [1.807, 2.05) is 12.1 Å². The minimum atomic E-state index is -0.378. The maximum absolute atomic E-state index is 11.2. The maximum Gasteiger partial charge on any atom is 0.407 e. The van der Waals surface area contributed by atoms with Gasteiger partial charge in [0, 0.05) is 12.7 Å². The molecule has 0 aliphatic rings. The summed E-state index contributed by atoms with van der Waals surface area (Å²) in [4.78, 5) is 15.3. The van der Waals surface area contributed by atoms with Crippen LogP contribution < -0.4 is 5.32 Å². The quantitative estimate of drug-likeness (QED) is 0.669. The van der Waals surface area contributed by atoms with Crippen molar-refractivity contribution in [3.63, 3.8) is 0 Å². The lowest BCUT2D eigenvalue weighted by atomic mass is 10.3. The summed E-state index contributed by atoms with van der Waals surface area (Å²) in [6.07, 6.45) is 3.24. The highest BCUT2D eigenvalue weighted by Gasteiger charge is 2.01. The van der Waals surface area contributed by atoms with E-state index in [2.05, 4.69) is 33.2 Å². The van der Waals surface area contributed by atoms with Crippen LogP contribution in [0.1, 0.15) is 25.3 Å². The molecular weight excluding hydrogens is 272 g/mol. The fourth-order valence-electron chi connectivity index (χ4n) is 1.05. The summed E-state index contributed by atoms with van der Waals surface area (Å²) in [6, 6.07) is 3.73. The van der Waals surface area contributed by atoms with Crippen LogP contribution in [0.5, 0.6) is 0 Å². The van der Waals surface area contributed by atoms with E-state index in [0.29, 0.717) is 13.2 Å². The predicted molar refractivity (Wildman–Crippen MR) is 65.0 cm³/mol. The molecule has 1 amide bonds. The molecule has 0 aliphatic heterocycles. The van der Waals surface area contributed by atoms with Gasteiger partial charge in [0.2, 0.25) is 0 Å². The largest absolute Gasteiger partial charge is 0.450 e. The van der Waals surface area contributed by atoms with Crippen molar-refractivity contribution in [1.29, 1.82) is 0 Å². The highest BCUT2D eigenvalue weighted by molar-refractivity contribution is 9.10. The van der Waals surface area contributed by atoms with Crippen LogP contribution in [0.15, 0.2) is 22.9 Å². The van der Waals surface area contributed by atoms with Gasteiger partial charge in [-0.3, -0.25) is 0 Å². The smallest absolute Gasteiger partial charge is 0.407 e. The molecule has 1 N–H and O–H groups in total. The van der Waals surface area contributed by atoms with Crippen LogP contribution in [0.2, 0.25) is 0 Å². The van der Waals surface area contributed by atoms with Crippen LogP contribution in [-0.4, -0.2) is 17.7 Å². The molecule has 0 saturated carbocycles. The summed E-state index contributed by atoms with van der Waals surface area (Å²) in [5.74, 6) is 0. The Bertz CT molecular complexity index is 327. The van der Waals surface area contributed by atoms with E-state index in [0.717, 1.165) is 23.0 Å². The lowest BCUT2D eigenvalue weighted by Gasteiger charge is -2.06. The molecule has 0 saturated heterocycles. The minimum absolute atomic E-state index is 0.378. The molecule has 0 aliphatic carbocycles. The Kier molecular flexibility index (Phi) is 5.85. The van der Waals surface area contributed by atoms with Gasteiger partial charge in [-0.2, -0.15) is 0 Å². The third-order valence-corrected chi connectivity index (χ3v) is 2.43. The third-order valence-electron chi connectivity index (χ3n) is 1.96. The molecule has 1 aromatic heterocycles. The molecule has 0 radical (unpaired) electrons. The number of pyridine rings is 1. The van der Waals surface area contributed by atoms with Gasteiger partial charge in [0.15, 0.2) is 0 Å². The molecular formula is C11H15BrN2O2. The van der Waals surface area contributed by atoms with E-state index < -0.39 is 0 Å². The van der Waals surface area contributed by atoms with Gasteiger partial charge in [-0.15, -0.1) is 0 Å². The zero-order valence-electron chi connectivity index (χ0n) is 9.20. The van der Waals surface area contributed by atoms with Gasteiger partial charge in [0.1, 0.15) is 4.60 Å². The van der Waals surface area contributed by atoms with Gasteiger partial charge >= 0.3 is 6.09 Å². The normalized spacial score (nSPS) is 9.88. The van der Waals surface area contributed by atoms with E-state index >= 15 is 0 Å². The highest BCUT2D eigenvalue weighted by Crippen LogP contribution is 2.05. The zero-order chi connectivity index (χ0) is 11.8. The molecule has 0 spiro atoms. The number of halogens is 1. The number of nitrogens with zero attached hydrogens (tertiary/aromatic N) is 1. The molecule has 1 aromatic rings. The topological polar surface area (TPSA) is 51.2 Å². The van der Waals surface area contributed by atoms with Crippen molar-refractivity contribution in [2.24, 2.45) is 0 Å². The molecule has 0 aromatic carbocycles. The van der Waals surface area contributed by atoms with E-state index in [-0.39, 0.29) is 6.09 Å². The number of amides is 1. The molecule has 1 rings (SSSR count). The first-order valence-electron chi connectivity index (χ1n) is 5.23. The van der Waals surface area contributed by atoms with Crippen LogP contribution in [0.25, 0.3) is 0 Å². The highest BCUT2D eigenvalue weighted by atomic mass is 79.9. The number of ether oxygens (including phenoxy) is 1. The van der Waals surface area contributed by atoms with Crippen LogP contribution >= 0.6 is 15.9 Å². The molecule has 0 fully saturated rings. The van der Waals surface area contributed by atoms with Crippen molar-refractivity contribution in [1.82, 2.24) is 10.3 Å². The average Bonchev–Trinajstić information content (AvgIpc) is 2.29. The molecule has 0 bridgehead atoms. The van der Waals surface area contributed by atoms with Crippen LogP contribution in [0, 0.1) is 0 Å². The summed E-state index contributed by atoms with van der Waals surface area (Å²) < 4.78 is 5.73. The third kappa shape index (κ3) is 5.11. The van der Waals surface area contributed by atoms with E-state index in [1.54, 1.807) is 6.20 Å². The Morgan fingerprint density at radius 2 is 2.38 bits per heavy atom. The Balaban J connectivity index is 2.23. The molecule has 0 atom stereocenters. The van der Waals surface area contributed by atoms with Crippen LogP contribution in [0.3, 0.4) is 0 Å². The number of carbonyl (C=O) groups excluding carboxylic acids is 1. The maximum atomic E-state index is 11.2. The number of unbranched alkanes of at least 4 members (excludes halogenated alkanes) is 1. The summed E-state index contributed by atoms with van der Waals surface area (Å²) in [5.41, 5.74) is 0.940. The molecule has 5 heteroatoms. The van der Waals surface area contributed by atoms with Gasteiger partial charge in [0.05, 0.1) is 6.61 Å². The van der Waals surface area contributed by atoms with E-state index in [1.165, 1.54) is 0 Å². The first-order chi connectivity index (χ1) is 7.72. The fraction of sp³-hybridized carbons (Fsp3) is 0.455. The monoisotopic (exact) mass is 286 g/mol. The number of alkyl carbamates (subject to hydrolysis) is 1. The average molecular weight is 287 g/mol. The van der Waals surface area contributed by atoms with Gasteiger partial charge in [-0.05, 0) is 34.0 Å². The van der Waals surface area contributed by atoms with Crippen molar-refractivity contribution < 1.29 is 9.53 Å². The molecule has 88 valence electrons. The van der Waals surface area contributed by atoms with Crippen molar-refractivity contribution in [3.8, 4) is 0 Å². The van der Waals surface area contributed by atoms with E-state index in [4.69, 9.17) is 4.74 Å². The molecule has 0 unspecified atom stereocenters. The Labute approximate surface area is 104 Å². The molecule has 1 heterocycles. The van der Waals surface area contributed by atoms with Gasteiger partial charge in [-0.1, -0.05) is 19.4 Å². The van der Waals surface area contributed by atoms with E-state index in [9.17, 15) is 4.79 Å². The number of hydrogen-bond acceptors (Lipinski definition) is 3. The number of nitrogens with one attached hydrogen (secondary N) is 1.